The normalized spacial score (nSPS) is 12.8. The molecule has 0 saturated carbocycles. The molecule has 0 N–H and O–H groups in total. The Kier molecular flexibility index (Phi) is 3.93. The third kappa shape index (κ3) is 3.12. The smallest absolute Gasteiger partial charge is 0.297 e. The van der Waals surface area contributed by atoms with Gasteiger partial charge in [-0.2, -0.15) is 0 Å². The lowest BCUT2D eigenvalue weighted by atomic mass is 10.2. The fraction of sp³-hybridized carbons (Fsp3) is 0.500. The highest BCUT2D eigenvalue weighted by Gasteiger charge is 2.03. The van der Waals surface area contributed by atoms with Crippen molar-refractivity contribution in [2.24, 2.45) is 5.92 Å². The van der Waals surface area contributed by atoms with Gasteiger partial charge in [-0.3, -0.25) is 4.57 Å². The first kappa shape index (κ1) is 10.7. The van der Waals surface area contributed by atoms with E-state index in [9.17, 15) is 4.79 Å². The highest BCUT2D eigenvalue weighted by molar-refractivity contribution is 9.09. The topological polar surface area (TPSA) is 34.9 Å². The molecular formula is C8H10BrClN2O. The molecule has 1 heterocycles. The Morgan fingerprint density at radius 3 is 3.08 bits per heavy atom. The molecule has 0 spiro atoms. The molecule has 0 amide bonds. The highest BCUT2D eigenvalue weighted by atomic mass is 79.9. The zero-order chi connectivity index (χ0) is 9.84. The van der Waals surface area contributed by atoms with Crippen LogP contribution in [0.15, 0.2) is 17.2 Å². The van der Waals surface area contributed by atoms with E-state index in [1.807, 2.05) is 6.92 Å². The number of hydrogen-bond acceptors (Lipinski definition) is 2. The summed E-state index contributed by atoms with van der Waals surface area (Å²) in [6, 6.07) is 0. The molecule has 1 aromatic rings. The maximum atomic E-state index is 11.2. The lowest BCUT2D eigenvalue weighted by Crippen LogP contribution is -2.25. The molecule has 3 nitrogen and oxygen atoms in total. The molecule has 1 aromatic heterocycles. The van der Waals surface area contributed by atoms with E-state index in [4.69, 9.17) is 11.6 Å². The zero-order valence-corrected chi connectivity index (χ0v) is 9.55. The van der Waals surface area contributed by atoms with Crippen molar-refractivity contribution in [2.75, 3.05) is 5.33 Å². The van der Waals surface area contributed by atoms with E-state index in [0.29, 0.717) is 17.5 Å². The van der Waals surface area contributed by atoms with Crippen LogP contribution in [-0.4, -0.2) is 14.9 Å². The Morgan fingerprint density at radius 2 is 2.46 bits per heavy atom. The minimum absolute atomic E-state index is 0.253. The van der Waals surface area contributed by atoms with Crippen LogP contribution in [0.1, 0.15) is 6.92 Å². The second kappa shape index (κ2) is 4.77. The number of hydrogen-bond donors (Lipinski definition) is 0. The van der Waals surface area contributed by atoms with Crippen molar-refractivity contribution in [3.63, 3.8) is 0 Å². The number of halogens is 2. The van der Waals surface area contributed by atoms with Crippen molar-refractivity contribution in [1.82, 2.24) is 9.55 Å². The summed E-state index contributed by atoms with van der Waals surface area (Å²) in [6.07, 6.45) is 2.97. The summed E-state index contributed by atoms with van der Waals surface area (Å²) in [5.74, 6) is 0.387. The molecular weight excluding hydrogens is 255 g/mol. The first-order chi connectivity index (χ1) is 6.13. The number of aromatic nitrogens is 2. The van der Waals surface area contributed by atoms with Crippen molar-refractivity contribution < 1.29 is 0 Å². The summed E-state index contributed by atoms with van der Waals surface area (Å²) in [7, 11) is 0. The van der Waals surface area contributed by atoms with Crippen LogP contribution in [0.4, 0.5) is 0 Å². The summed E-state index contributed by atoms with van der Waals surface area (Å²) < 4.78 is 1.52. The lowest BCUT2D eigenvalue weighted by molar-refractivity contribution is 0.512. The molecule has 0 aliphatic rings. The lowest BCUT2D eigenvalue weighted by Gasteiger charge is -2.09. The quantitative estimate of drug-likeness (QED) is 0.783. The van der Waals surface area contributed by atoms with Crippen molar-refractivity contribution in [1.29, 1.82) is 0 Å². The van der Waals surface area contributed by atoms with Crippen molar-refractivity contribution in [3.05, 3.63) is 27.9 Å². The molecule has 0 aromatic carbocycles. The van der Waals surface area contributed by atoms with E-state index >= 15 is 0 Å². The van der Waals surface area contributed by atoms with Crippen LogP contribution >= 0.6 is 27.5 Å². The third-order valence-electron chi connectivity index (χ3n) is 1.59. The van der Waals surface area contributed by atoms with Crippen molar-refractivity contribution >= 4 is 27.5 Å². The molecule has 72 valence electrons. The monoisotopic (exact) mass is 264 g/mol. The predicted octanol–water partition coefficient (Wildman–Crippen LogP) is 1.93. The first-order valence-electron chi connectivity index (χ1n) is 3.91. The van der Waals surface area contributed by atoms with Gasteiger partial charge in [0.05, 0.1) is 11.2 Å². The Hall–Kier alpha value is -0.350. The minimum Gasteiger partial charge on any atom is -0.297 e. The van der Waals surface area contributed by atoms with Crippen LogP contribution in [0, 0.1) is 5.92 Å². The molecule has 5 heteroatoms. The molecule has 1 unspecified atom stereocenters. The summed E-state index contributed by atoms with van der Waals surface area (Å²) in [6.45, 7) is 2.68. The first-order valence-corrected chi connectivity index (χ1v) is 5.41. The van der Waals surface area contributed by atoms with Gasteiger partial charge in [0.25, 0.3) is 0 Å². The van der Waals surface area contributed by atoms with E-state index in [0.717, 1.165) is 5.33 Å². The fourth-order valence-corrected chi connectivity index (χ4v) is 1.32. The van der Waals surface area contributed by atoms with Crippen LogP contribution < -0.4 is 5.69 Å². The van der Waals surface area contributed by atoms with Crippen molar-refractivity contribution in [3.8, 4) is 0 Å². The molecule has 0 saturated heterocycles. The largest absolute Gasteiger partial charge is 0.347 e. The summed E-state index contributed by atoms with van der Waals surface area (Å²) in [4.78, 5) is 14.8. The van der Waals surface area contributed by atoms with Gasteiger partial charge in [-0.15, -0.1) is 0 Å². The summed E-state index contributed by atoms with van der Waals surface area (Å²) in [5, 5.41) is 1.34. The van der Waals surface area contributed by atoms with Gasteiger partial charge >= 0.3 is 5.69 Å². The van der Waals surface area contributed by atoms with Crippen LogP contribution in [0.3, 0.4) is 0 Å². The predicted molar refractivity (Wildman–Crippen MR) is 56.5 cm³/mol. The average Bonchev–Trinajstić information content (AvgIpc) is 2.11. The molecule has 0 radical (unpaired) electrons. The number of rotatable bonds is 3. The maximum absolute atomic E-state index is 11.2. The molecule has 0 bridgehead atoms. The third-order valence-corrected chi connectivity index (χ3v) is 2.90. The van der Waals surface area contributed by atoms with Gasteiger partial charge in [0.1, 0.15) is 0 Å². The van der Waals surface area contributed by atoms with Crippen LogP contribution in [0.5, 0.6) is 0 Å². The van der Waals surface area contributed by atoms with Crippen LogP contribution in [0.2, 0.25) is 5.02 Å². The number of nitrogens with zero attached hydrogens (tertiary/aromatic N) is 2. The summed E-state index contributed by atoms with van der Waals surface area (Å²) >= 11 is 9.06. The Morgan fingerprint density at radius 1 is 1.77 bits per heavy atom. The molecule has 0 aliphatic heterocycles. The molecule has 0 fully saturated rings. The highest BCUT2D eigenvalue weighted by Crippen LogP contribution is 2.05. The Labute approximate surface area is 89.9 Å². The molecule has 1 atom stereocenters. The van der Waals surface area contributed by atoms with Gasteiger partial charge in [-0.25, -0.2) is 9.78 Å². The number of alkyl halides is 1. The molecule has 13 heavy (non-hydrogen) atoms. The average molecular weight is 266 g/mol. The van der Waals surface area contributed by atoms with E-state index in [1.54, 1.807) is 6.20 Å². The summed E-state index contributed by atoms with van der Waals surface area (Å²) in [5.41, 5.74) is -0.253. The van der Waals surface area contributed by atoms with Gasteiger partial charge in [-0.05, 0) is 5.92 Å². The van der Waals surface area contributed by atoms with Crippen LogP contribution in [-0.2, 0) is 6.54 Å². The fourth-order valence-electron chi connectivity index (χ4n) is 0.944. The van der Waals surface area contributed by atoms with E-state index in [2.05, 4.69) is 20.9 Å². The van der Waals surface area contributed by atoms with Gasteiger partial charge in [0.2, 0.25) is 0 Å². The Balaban J connectivity index is 2.87. The van der Waals surface area contributed by atoms with Crippen molar-refractivity contribution in [2.45, 2.75) is 13.5 Å². The maximum Gasteiger partial charge on any atom is 0.347 e. The van der Waals surface area contributed by atoms with Crippen LogP contribution in [0.25, 0.3) is 0 Å². The minimum atomic E-state index is -0.253. The van der Waals surface area contributed by atoms with E-state index in [-0.39, 0.29) is 5.69 Å². The molecule has 1 rings (SSSR count). The zero-order valence-electron chi connectivity index (χ0n) is 7.20. The second-order valence-electron chi connectivity index (χ2n) is 2.97. The Bertz CT molecular complexity index is 339. The second-order valence-corrected chi connectivity index (χ2v) is 4.05. The standard InChI is InChI=1S/C8H10BrClN2O/c1-6(2-9)4-12-5-7(10)3-11-8(12)13/h3,5-6H,2,4H2,1H3. The van der Waals surface area contributed by atoms with Gasteiger partial charge in [0.15, 0.2) is 0 Å². The van der Waals surface area contributed by atoms with E-state index < -0.39 is 0 Å². The SMILES string of the molecule is CC(CBr)Cn1cc(Cl)cnc1=O. The van der Waals surface area contributed by atoms with Gasteiger partial charge in [-0.1, -0.05) is 34.5 Å². The van der Waals surface area contributed by atoms with E-state index in [1.165, 1.54) is 10.8 Å². The van der Waals surface area contributed by atoms with Gasteiger partial charge < -0.3 is 0 Å². The molecule has 0 aliphatic carbocycles. The van der Waals surface area contributed by atoms with Gasteiger partial charge in [0, 0.05) is 18.1 Å².